The predicted molar refractivity (Wildman–Crippen MR) is 40.1 cm³/mol. The van der Waals surface area contributed by atoms with Crippen LogP contribution in [0.3, 0.4) is 0 Å². The number of rotatable bonds is 0. The topological polar surface area (TPSA) is 160 Å². The van der Waals surface area contributed by atoms with Crippen molar-refractivity contribution in [3.8, 4) is 23.2 Å². The maximum atomic E-state index is 12.8. The number of halogens is 2. The molecular weight excluding hydrogens is 205 g/mol. The average molecular weight is 210 g/mol. The van der Waals surface area contributed by atoms with E-state index in [0.29, 0.717) is 0 Å². The summed E-state index contributed by atoms with van der Waals surface area (Å²) in [6.45, 7) is -7.59. The second kappa shape index (κ2) is 2.90. The molecule has 0 bridgehead atoms. The molecule has 13 heavy (non-hydrogen) atoms. The van der Waals surface area contributed by atoms with Crippen LogP contribution in [0.5, 0.6) is 0 Å². The Labute approximate surface area is 71.2 Å². The first-order chi connectivity index (χ1) is 4.80. The van der Waals surface area contributed by atoms with Gasteiger partial charge < -0.3 is 11.0 Å². The SMILES string of the molecule is N#C[P-](F)(F)(C#N)(C#N)C#N.O.[OH3+]. The third-order valence-corrected chi connectivity index (χ3v) is 2.71. The van der Waals surface area contributed by atoms with Crippen molar-refractivity contribution in [3.05, 3.63) is 0 Å². The Balaban J connectivity index is -0.000000500. The van der Waals surface area contributed by atoms with Gasteiger partial charge in [-0.3, -0.25) is 0 Å². The van der Waals surface area contributed by atoms with Gasteiger partial charge in [-0.15, -0.1) is 0 Å². The molecule has 0 rings (SSSR count). The van der Waals surface area contributed by atoms with Crippen LogP contribution in [0.4, 0.5) is 8.39 Å². The molecule has 0 saturated carbocycles. The maximum Gasteiger partial charge on any atom is -0.412 e. The van der Waals surface area contributed by atoms with Crippen LogP contribution >= 0.6 is 6.57 Å². The number of nitriles is 4. The van der Waals surface area contributed by atoms with Crippen molar-refractivity contribution in [2.45, 2.75) is 0 Å². The first-order valence-electron chi connectivity index (χ1n) is 2.13. The molecule has 9 heteroatoms. The van der Waals surface area contributed by atoms with Crippen molar-refractivity contribution in [1.82, 2.24) is 0 Å². The molecule has 0 fully saturated rings. The Hall–Kier alpha value is -1.83. The summed E-state index contributed by atoms with van der Waals surface area (Å²) < 4.78 is 25.6. The predicted octanol–water partition coefficient (Wildman–Crippen LogP) is 0.0221. The Morgan fingerprint density at radius 3 is 0.923 bits per heavy atom. The second-order valence-corrected chi connectivity index (χ2v) is 5.43. The average Bonchev–Trinajstić information content (AvgIpc) is 2.07. The molecule has 0 radical (unpaired) electrons. The van der Waals surface area contributed by atoms with Crippen LogP contribution in [0.15, 0.2) is 0 Å². The van der Waals surface area contributed by atoms with Crippen LogP contribution in [0.2, 0.25) is 0 Å². The van der Waals surface area contributed by atoms with Crippen LogP contribution in [0.25, 0.3) is 0 Å². The minimum absolute atomic E-state index is 0. The number of hydrogen-bond donors (Lipinski definition) is 0. The van der Waals surface area contributed by atoms with Crippen LogP contribution in [0, 0.1) is 44.3 Å². The van der Waals surface area contributed by atoms with Crippen LogP contribution in [-0.2, 0) is 5.48 Å². The molecule has 0 atom stereocenters. The molecule has 0 aromatic heterocycles. The van der Waals surface area contributed by atoms with Gasteiger partial charge in [-0.1, -0.05) is 0 Å². The third-order valence-electron chi connectivity index (χ3n) is 0.902. The first-order valence-corrected chi connectivity index (χ1v) is 4.59. The number of nitrogens with zero attached hydrogens (tertiary/aromatic N) is 4. The molecule has 0 saturated heterocycles. The van der Waals surface area contributed by atoms with E-state index in [4.69, 9.17) is 21.0 Å². The van der Waals surface area contributed by atoms with Crippen molar-refractivity contribution >= 4 is 6.57 Å². The summed E-state index contributed by atoms with van der Waals surface area (Å²) in [4.78, 5) is 0. The molecule has 0 heterocycles. The van der Waals surface area contributed by atoms with Gasteiger partial charge in [-0.25, -0.2) is 0 Å². The van der Waals surface area contributed by atoms with Crippen molar-refractivity contribution in [2.24, 2.45) is 0 Å². The summed E-state index contributed by atoms with van der Waals surface area (Å²) in [6, 6.07) is 0. The van der Waals surface area contributed by atoms with Gasteiger partial charge in [0.25, 0.3) is 0 Å². The second-order valence-electron chi connectivity index (χ2n) is 1.81. The molecule has 0 aliphatic carbocycles. The molecule has 0 spiro atoms. The summed E-state index contributed by atoms with van der Waals surface area (Å²) in [7, 11) is 0. The fourth-order valence-electron chi connectivity index (χ4n) is 0.134. The standard InChI is InChI=1S/C4F2N4P.2H2O/c5-11(6,1-7,2-8,3-9)4-10;;/h;2*1H2/q-1;;/p+1. The van der Waals surface area contributed by atoms with E-state index in [0.717, 1.165) is 0 Å². The van der Waals surface area contributed by atoms with Crippen molar-refractivity contribution < 1.29 is 19.3 Å². The molecule has 0 aromatic carbocycles. The largest absolute Gasteiger partial charge is 0.457 e. The number of hydrogen-bond acceptors (Lipinski definition) is 4. The van der Waals surface area contributed by atoms with Gasteiger partial charge in [0.2, 0.25) is 0 Å². The van der Waals surface area contributed by atoms with E-state index < -0.39 is 6.57 Å². The van der Waals surface area contributed by atoms with E-state index in [1.54, 1.807) is 0 Å². The van der Waals surface area contributed by atoms with Crippen molar-refractivity contribution in [1.29, 1.82) is 21.0 Å². The normalized spacial score (nSPS) is 13.1. The summed E-state index contributed by atoms with van der Waals surface area (Å²) >= 11 is 0. The van der Waals surface area contributed by atoms with Crippen molar-refractivity contribution in [3.63, 3.8) is 0 Å². The summed E-state index contributed by atoms with van der Waals surface area (Å²) in [5, 5.41) is 31.6. The van der Waals surface area contributed by atoms with Gasteiger partial charge in [0, 0.05) is 0 Å². The minimum Gasteiger partial charge on any atom is -0.457 e. The molecule has 0 unspecified atom stereocenters. The first kappa shape index (κ1) is 17.3. The van der Waals surface area contributed by atoms with E-state index in [1.165, 1.54) is 0 Å². The zero-order chi connectivity index (χ0) is 9.24. The van der Waals surface area contributed by atoms with Gasteiger partial charge in [0.05, 0.1) is 0 Å². The van der Waals surface area contributed by atoms with Gasteiger partial charge in [0.1, 0.15) is 0 Å². The van der Waals surface area contributed by atoms with Crippen LogP contribution < -0.4 is 0 Å². The molecule has 0 amide bonds. The van der Waals surface area contributed by atoms with Crippen LogP contribution in [0.1, 0.15) is 0 Å². The molecule has 6 nitrogen and oxygen atoms in total. The fraction of sp³-hybridized carbons (Fsp3) is 0. The molecular formula is C4H5F2N4O2P. The molecule has 0 aliphatic rings. The fourth-order valence-corrected chi connectivity index (χ4v) is 0.402. The monoisotopic (exact) mass is 210 g/mol. The summed E-state index contributed by atoms with van der Waals surface area (Å²) in [5.74, 6) is 0.949. The Morgan fingerprint density at radius 1 is 0.769 bits per heavy atom. The minimum atomic E-state index is -7.59. The Morgan fingerprint density at radius 2 is 0.923 bits per heavy atom. The van der Waals surface area contributed by atoms with E-state index in [-0.39, 0.29) is 34.2 Å². The summed E-state index contributed by atoms with van der Waals surface area (Å²) in [5.41, 5.74) is 0. The van der Waals surface area contributed by atoms with E-state index in [1.807, 2.05) is 0 Å². The van der Waals surface area contributed by atoms with Gasteiger partial charge >= 0.3 is 59.2 Å². The molecule has 0 aliphatic heterocycles. The zero-order valence-corrected chi connectivity index (χ0v) is 6.96. The van der Waals surface area contributed by atoms with E-state index in [2.05, 4.69) is 0 Å². The molecule has 5 N–H and O–H groups in total. The molecule has 0 aromatic rings. The quantitative estimate of drug-likeness (QED) is 0.407. The zero-order valence-electron chi connectivity index (χ0n) is 6.07. The van der Waals surface area contributed by atoms with Crippen molar-refractivity contribution in [2.75, 3.05) is 0 Å². The van der Waals surface area contributed by atoms with E-state index >= 15 is 0 Å². The van der Waals surface area contributed by atoms with E-state index in [9.17, 15) is 8.39 Å². The van der Waals surface area contributed by atoms with Gasteiger partial charge in [-0.2, -0.15) is 0 Å². The molecule has 72 valence electrons. The summed E-state index contributed by atoms with van der Waals surface area (Å²) in [6.07, 6.45) is 0. The maximum absolute atomic E-state index is 12.8. The van der Waals surface area contributed by atoms with Gasteiger partial charge in [-0.05, 0) is 0 Å². The van der Waals surface area contributed by atoms with Crippen LogP contribution in [-0.4, -0.2) is 5.48 Å². The smallest absolute Gasteiger partial charge is 0.412 e. The van der Waals surface area contributed by atoms with Gasteiger partial charge in [0.15, 0.2) is 0 Å². The Bertz CT molecular complexity index is 315. The third kappa shape index (κ3) is 2.06. The Kier molecular flexibility index (Phi) is 3.86.